The third-order valence-corrected chi connectivity index (χ3v) is 3.49. The lowest BCUT2D eigenvalue weighted by Crippen LogP contribution is -2.46. The molecule has 0 atom stereocenters. The summed E-state index contributed by atoms with van der Waals surface area (Å²) in [6.07, 6.45) is 0. The summed E-state index contributed by atoms with van der Waals surface area (Å²) >= 11 is 0. The Balaban J connectivity index is 1.90. The molecular weight excluding hydrogens is 254 g/mol. The molecule has 20 heavy (non-hydrogen) atoms. The van der Waals surface area contributed by atoms with Crippen molar-refractivity contribution in [1.82, 2.24) is 9.80 Å². The second-order valence-electron chi connectivity index (χ2n) is 5.26. The fourth-order valence-corrected chi connectivity index (χ4v) is 2.24. The lowest BCUT2D eigenvalue weighted by molar-refractivity contribution is -0.114. The van der Waals surface area contributed by atoms with Gasteiger partial charge >= 0.3 is 0 Å². The van der Waals surface area contributed by atoms with Gasteiger partial charge in [-0.3, -0.25) is 14.5 Å². The van der Waals surface area contributed by atoms with E-state index in [-0.39, 0.29) is 11.7 Å². The number of anilines is 1. The van der Waals surface area contributed by atoms with Crippen molar-refractivity contribution in [3.05, 3.63) is 29.8 Å². The van der Waals surface area contributed by atoms with Gasteiger partial charge in [-0.2, -0.15) is 0 Å². The van der Waals surface area contributed by atoms with Gasteiger partial charge in [-0.1, -0.05) is 0 Å². The van der Waals surface area contributed by atoms with Crippen LogP contribution in [0.4, 0.5) is 5.69 Å². The van der Waals surface area contributed by atoms with Crippen LogP contribution in [0.5, 0.6) is 0 Å². The number of benzene rings is 1. The van der Waals surface area contributed by atoms with Crippen LogP contribution < -0.4 is 5.32 Å². The lowest BCUT2D eigenvalue weighted by atomic mass is 10.1. The Morgan fingerprint density at radius 1 is 1.10 bits per heavy atom. The molecule has 0 saturated carbocycles. The van der Waals surface area contributed by atoms with Gasteiger partial charge in [-0.05, 0) is 31.3 Å². The van der Waals surface area contributed by atoms with E-state index in [0.29, 0.717) is 17.8 Å². The number of rotatable bonds is 4. The van der Waals surface area contributed by atoms with E-state index in [4.69, 9.17) is 0 Å². The molecule has 0 aromatic heterocycles. The van der Waals surface area contributed by atoms with E-state index < -0.39 is 0 Å². The molecule has 1 N–H and O–H groups in total. The van der Waals surface area contributed by atoms with Crippen LogP contribution in [0.15, 0.2) is 24.3 Å². The SMILES string of the molecule is CC(=O)Nc1ccc(C(=O)CN2CCN(C)CC2)cc1. The summed E-state index contributed by atoms with van der Waals surface area (Å²) in [6, 6.07) is 7.06. The van der Waals surface area contributed by atoms with Crippen LogP contribution in [0.1, 0.15) is 17.3 Å². The van der Waals surface area contributed by atoms with Crippen LogP contribution >= 0.6 is 0 Å². The van der Waals surface area contributed by atoms with Crippen LogP contribution in [-0.2, 0) is 4.79 Å². The van der Waals surface area contributed by atoms with Gasteiger partial charge < -0.3 is 10.2 Å². The van der Waals surface area contributed by atoms with Crippen molar-refractivity contribution < 1.29 is 9.59 Å². The maximum atomic E-state index is 12.2. The Morgan fingerprint density at radius 2 is 1.70 bits per heavy atom. The number of Topliss-reactive ketones (excluding diaryl/α,β-unsaturated/α-hetero) is 1. The number of carbonyl (C=O) groups is 2. The Hall–Kier alpha value is -1.72. The maximum absolute atomic E-state index is 12.2. The minimum absolute atomic E-state index is 0.110. The zero-order valence-electron chi connectivity index (χ0n) is 12.1. The molecule has 5 nitrogen and oxygen atoms in total. The number of hydrogen-bond acceptors (Lipinski definition) is 4. The summed E-state index contributed by atoms with van der Waals surface area (Å²) < 4.78 is 0. The zero-order valence-corrected chi connectivity index (χ0v) is 12.1. The number of amides is 1. The Kier molecular flexibility index (Phi) is 4.87. The van der Waals surface area contributed by atoms with Crippen molar-refractivity contribution in [1.29, 1.82) is 0 Å². The molecule has 0 aliphatic carbocycles. The molecule has 1 heterocycles. The highest BCUT2D eigenvalue weighted by molar-refractivity contribution is 5.98. The molecule has 5 heteroatoms. The molecule has 1 aromatic rings. The molecule has 1 aliphatic heterocycles. The number of hydrogen-bond donors (Lipinski definition) is 1. The molecule has 1 amide bonds. The van der Waals surface area contributed by atoms with Crippen LogP contribution in [-0.4, -0.2) is 61.3 Å². The summed E-state index contributed by atoms with van der Waals surface area (Å²) in [5.41, 5.74) is 1.41. The third kappa shape index (κ3) is 4.15. The predicted molar refractivity (Wildman–Crippen MR) is 79.0 cm³/mol. The highest BCUT2D eigenvalue weighted by Gasteiger charge is 2.17. The quantitative estimate of drug-likeness (QED) is 0.835. The van der Waals surface area contributed by atoms with Crippen LogP contribution in [0.25, 0.3) is 0 Å². The number of nitrogens with one attached hydrogen (secondary N) is 1. The largest absolute Gasteiger partial charge is 0.326 e. The van der Waals surface area contributed by atoms with E-state index in [1.165, 1.54) is 6.92 Å². The Morgan fingerprint density at radius 3 is 2.25 bits per heavy atom. The average molecular weight is 275 g/mol. The van der Waals surface area contributed by atoms with Gasteiger partial charge in [0, 0.05) is 44.4 Å². The van der Waals surface area contributed by atoms with Crippen molar-refractivity contribution in [2.24, 2.45) is 0 Å². The molecule has 1 aromatic carbocycles. The molecule has 1 fully saturated rings. The van der Waals surface area contributed by atoms with E-state index in [1.54, 1.807) is 24.3 Å². The molecule has 1 aliphatic rings. The molecular formula is C15H21N3O2. The van der Waals surface area contributed by atoms with Crippen molar-refractivity contribution >= 4 is 17.4 Å². The normalized spacial score (nSPS) is 16.9. The first kappa shape index (κ1) is 14.7. The summed E-state index contributed by atoms with van der Waals surface area (Å²) in [5.74, 6) is 0.0189. The number of piperazine rings is 1. The van der Waals surface area contributed by atoms with Crippen molar-refractivity contribution in [3.8, 4) is 0 Å². The number of likely N-dealkylation sites (N-methyl/N-ethyl adjacent to an activating group) is 1. The smallest absolute Gasteiger partial charge is 0.221 e. The molecule has 0 unspecified atom stereocenters. The summed E-state index contributed by atoms with van der Waals surface area (Å²) in [4.78, 5) is 27.6. The first-order chi connectivity index (χ1) is 9.54. The Labute approximate surface area is 119 Å². The van der Waals surface area contributed by atoms with Crippen molar-refractivity contribution in [2.75, 3.05) is 45.1 Å². The van der Waals surface area contributed by atoms with Gasteiger partial charge in [0.25, 0.3) is 0 Å². The van der Waals surface area contributed by atoms with Crippen LogP contribution in [0, 0.1) is 0 Å². The molecule has 0 bridgehead atoms. The molecule has 1 saturated heterocycles. The van der Waals surface area contributed by atoms with Crippen LogP contribution in [0.3, 0.4) is 0 Å². The number of nitrogens with zero attached hydrogens (tertiary/aromatic N) is 2. The lowest BCUT2D eigenvalue weighted by Gasteiger charge is -2.31. The minimum Gasteiger partial charge on any atom is -0.326 e. The standard InChI is InChI=1S/C15H21N3O2/c1-12(19)16-14-5-3-13(4-6-14)15(20)11-18-9-7-17(2)8-10-18/h3-6H,7-11H2,1-2H3,(H,16,19). The van der Waals surface area contributed by atoms with E-state index in [9.17, 15) is 9.59 Å². The zero-order chi connectivity index (χ0) is 14.5. The fourth-order valence-electron chi connectivity index (χ4n) is 2.24. The third-order valence-electron chi connectivity index (χ3n) is 3.49. The minimum atomic E-state index is -0.110. The molecule has 108 valence electrons. The van der Waals surface area contributed by atoms with E-state index in [2.05, 4.69) is 22.2 Å². The van der Waals surface area contributed by atoms with Crippen molar-refractivity contribution in [2.45, 2.75) is 6.92 Å². The molecule has 0 spiro atoms. The highest BCUT2D eigenvalue weighted by Crippen LogP contribution is 2.11. The monoisotopic (exact) mass is 275 g/mol. The summed E-state index contributed by atoms with van der Waals surface area (Å²) in [6.45, 7) is 5.82. The van der Waals surface area contributed by atoms with E-state index >= 15 is 0 Å². The first-order valence-electron chi connectivity index (χ1n) is 6.86. The van der Waals surface area contributed by atoms with Gasteiger partial charge in [0.05, 0.1) is 6.54 Å². The number of ketones is 1. The van der Waals surface area contributed by atoms with E-state index in [1.807, 2.05) is 0 Å². The van der Waals surface area contributed by atoms with Gasteiger partial charge in [0.15, 0.2) is 5.78 Å². The first-order valence-corrected chi connectivity index (χ1v) is 6.86. The number of carbonyl (C=O) groups excluding carboxylic acids is 2. The van der Waals surface area contributed by atoms with Crippen LogP contribution in [0.2, 0.25) is 0 Å². The van der Waals surface area contributed by atoms with Crippen molar-refractivity contribution in [3.63, 3.8) is 0 Å². The van der Waals surface area contributed by atoms with E-state index in [0.717, 1.165) is 26.2 Å². The average Bonchev–Trinajstić information content (AvgIpc) is 2.41. The second-order valence-corrected chi connectivity index (χ2v) is 5.26. The summed E-state index contributed by atoms with van der Waals surface area (Å²) in [5, 5.41) is 2.69. The Bertz CT molecular complexity index is 476. The maximum Gasteiger partial charge on any atom is 0.221 e. The highest BCUT2D eigenvalue weighted by atomic mass is 16.1. The summed E-state index contributed by atoms with van der Waals surface area (Å²) in [7, 11) is 2.10. The molecule has 2 rings (SSSR count). The van der Waals surface area contributed by atoms with Gasteiger partial charge in [0.2, 0.25) is 5.91 Å². The fraction of sp³-hybridized carbons (Fsp3) is 0.467. The predicted octanol–water partition coefficient (Wildman–Crippen LogP) is 1.08. The van der Waals surface area contributed by atoms with Gasteiger partial charge in [-0.25, -0.2) is 0 Å². The second kappa shape index (κ2) is 6.63. The van der Waals surface area contributed by atoms with Gasteiger partial charge in [0.1, 0.15) is 0 Å². The van der Waals surface area contributed by atoms with Gasteiger partial charge in [-0.15, -0.1) is 0 Å². The molecule has 0 radical (unpaired) electrons. The topological polar surface area (TPSA) is 52.7 Å².